The number of rotatable bonds is 2. The molecule has 2 bridgehead atoms. The van der Waals surface area contributed by atoms with Crippen molar-refractivity contribution in [2.24, 2.45) is 34.0 Å². The maximum Gasteiger partial charge on any atom is 0.309 e. The van der Waals surface area contributed by atoms with Crippen LogP contribution < -0.4 is 0 Å². The number of carbonyl (C=O) groups excluding carboxylic acids is 1. The molecule has 26 heavy (non-hydrogen) atoms. The molecule has 0 amide bonds. The number of carbonyl (C=O) groups is 2. The van der Waals surface area contributed by atoms with Gasteiger partial charge in [-0.25, -0.2) is 0 Å². The molecule has 4 nitrogen and oxygen atoms in total. The van der Waals surface area contributed by atoms with Crippen molar-refractivity contribution in [3.63, 3.8) is 0 Å². The molecule has 4 rings (SSSR count). The molecule has 0 unspecified atom stereocenters. The zero-order valence-corrected chi connectivity index (χ0v) is 16.3. The van der Waals surface area contributed by atoms with Crippen molar-refractivity contribution < 1.29 is 19.4 Å². The van der Waals surface area contributed by atoms with Gasteiger partial charge in [0, 0.05) is 12.3 Å². The SMILES string of the molecule is C=C1C[C@@]23CC[C@H]4[C@@](C)([C@@H](OC(C)=O)CC[C@@]4(C)C(=O)O)[C@@H]2CC[C@H]1C3. The Hall–Kier alpha value is -1.32. The quantitative estimate of drug-likeness (QED) is 0.578. The summed E-state index contributed by atoms with van der Waals surface area (Å²) in [7, 11) is 0. The van der Waals surface area contributed by atoms with Gasteiger partial charge in [0.2, 0.25) is 0 Å². The Labute approximate surface area is 156 Å². The Kier molecular flexibility index (Phi) is 3.88. The molecule has 1 spiro atoms. The van der Waals surface area contributed by atoms with E-state index >= 15 is 0 Å². The van der Waals surface area contributed by atoms with Crippen molar-refractivity contribution in [3.05, 3.63) is 12.2 Å². The van der Waals surface area contributed by atoms with Crippen LogP contribution in [0.2, 0.25) is 0 Å². The minimum Gasteiger partial charge on any atom is -0.481 e. The standard InChI is InChI=1S/C22H32O4/c1-13-11-22-10-7-16-20(3,19(24)25)9-8-18(26-14(2)23)21(16,4)17(22)6-5-15(13)12-22/h15-18H,1,5-12H2,2-4H3,(H,24,25)/t15-,16+,17-,18-,20+,21+,22+/m0/s1. The summed E-state index contributed by atoms with van der Waals surface area (Å²) in [5, 5.41) is 10.1. The van der Waals surface area contributed by atoms with E-state index in [0.29, 0.717) is 24.7 Å². The van der Waals surface area contributed by atoms with E-state index in [9.17, 15) is 14.7 Å². The van der Waals surface area contributed by atoms with Gasteiger partial charge >= 0.3 is 11.9 Å². The lowest BCUT2D eigenvalue weighted by Crippen LogP contribution is -2.64. The highest BCUT2D eigenvalue weighted by molar-refractivity contribution is 5.75. The van der Waals surface area contributed by atoms with Crippen molar-refractivity contribution >= 4 is 11.9 Å². The molecule has 4 aliphatic rings. The van der Waals surface area contributed by atoms with Crippen LogP contribution in [0.1, 0.15) is 72.1 Å². The summed E-state index contributed by atoms with van der Waals surface area (Å²) in [6, 6.07) is 0. The Balaban J connectivity index is 1.80. The molecule has 4 aliphatic carbocycles. The molecular formula is C22H32O4. The number of ether oxygens (including phenoxy) is 1. The van der Waals surface area contributed by atoms with Crippen LogP contribution in [0.5, 0.6) is 0 Å². The van der Waals surface area contributed by atoms with Gasteiger partial charge in [-0.3, -0.25) is 9.59 Å². The van der Waals surface area contributed by atoms with Crippen LogP contribution in [0.25, 0.3) is 0 Å². The first-order valence-corrected chi connectivity index (χ1v) is 10.2. The number of carboxylic acid groups (broad SMARTS) is 1. The average Bonchev–Trinajstić information content (AvgIpc) is 2.79. The second-order valence-corrected chi connectivity index (χ2v) is 10.0. The lowest BCUT2D eigenvalue weighted by Gasteiger charge is -2.65. The highest BCUT2D eigenvalue weighted by atomic mass is 16.5. The normalized spacial score (nSPS) is 49.9. The molecule has 144 valence electrons. The molecule has 0 aromatic heterocycles. The van der Waals surface area contributed by atoms with Crippen LogP contribution in [0.15, 0.2) is 12.2 Å². The molecule has 0 heterocycles. The number of hydrogen-bond donors (Lipinski definition) is 1. The number of carboxylic acids is 1. The Morgan fingerprint density at radius 3 is 2.50 bits per heavy atom. The molecule has 0 aromatic carbocycles. The third-order valence-corrected chi connectivity index (χ3v) is 8.97. The van der Waals surface area contributed by atoms with Crippen LogP contribution in [0.3, 0.4) is 0 Å². The molecule has 4 fully saturated rings. The van der Waals surface area contributed by atoms with Gasteiger partial charge in [-0.05, 0) is 81.5 Å². The van der Waals surface area contributed by atoms with E-state index in [2.05, 4.69) is 13.5 Å². The number of esters is 1. The summed E-state index contributed by atoms with van der Waals surface area (Å²) in [5.74, 6) is 0.209. The van der Waals surface area contributed by atoms with Crippen LogP contribution in [-0.2, 0) is 14.3 Å². The topological polar surface area (TPSA) is 63.6 Å². The van der Waals surface area contributed by atoms with Crippen LogP contribution in [0.4, 0.5) is 0 Å². The predicted molar refractivity (Wildman–Crippen MR) is 98.4 cm³/mol. The zero-order chi connectivity index (χ0) is 18.9. The minimum atomic E-state index is -0.723. The van der Waals surface area contributed by atoms with Gasteiger partial charge in [0.1, 0.15) is 6.10 Å². The van der Waals surface area contributed by atoms with Crippen molar-refractivity contribution in [2.75, 3.05) is 0 Å². The second-order valence-electron chi connectivity index (χ2n) is 10.0. The number of fused-ring (bicyclic) bond motifs is 3. The molecule has 0 aliphatic heterocycles. The van der Waals surface area contributed by atoms with E-state index in [1.165, 1.54) is 18.9 Å². The lowest BCUT2D eigenvalue weighted by atomic mass is 9.40. The molecule has 0 saturated heterocycles. The average molecular weight is 360 g/mol. The van der Waals surface area contributed by atoms with E-state index < -0.39 is 11.4 Å². The first-order chi connectivity index (χ1) is 12.1. The van der Waals surface area contributed by atoms with E-state index in [4.69, 9.17) is 4.74 Å². The fraction of sp³-hybridized carbons (Fsp3) is 0.818. The maximum absolute atomic E-state index is 12.2. The minimum absolute atomic E-state index is 0.0617. The van der Waals surface area contributed by atoms with Crippen molar-refractivity contribution in [3.8, 4) is 0 Å². The molecule has 1 N–H and O–H groups in total. The maximum atomic E-state index is 12.2. The van der Waals surface area contributed by atoms with Gasteiger partial charge in [-0.15, -0.1) is 0 Å². The smallest absolute Gasteiger partial charge is 0.309 e. The van der Waals surface area contributed by atoms with Crippen molar-refractivity contribution in [2.45, 2.75) is 78.2 Å². The van der Waals surface area contributed by atoms with Crippen molar-refractivity contribution in [1.82, 2.24) is 0 Å². The predicted octanol–water partition coefficient (Wildman–Crippen LogP) is 4.58. The summed E-state index contributed by atoms with van der Waals surface area (Å²) in [5.41, 5.74) is 0.667. The van der Waals surface area contributed by atoms with Gasteiger partial charge in [-0.2, -0.15) is 0 Å². The lowest BCUT2D eigenvalue weighted by molar-refractivity contribution is -0.221. The van der Waals surface area contributed by atoms with Crippen LogP contribution in [-0.4, -0.2) is 23.1 Å². The molecular weight excluding hydrogens is 328 g/mol. The first kappa shape index (κ1) is 18.1. The van der Waals surface area contributed by atoms with Gasteiger partial charge in [-0.1, -0.05) is 19.1 Å². The van der Waals surface area contributed by atoms with Crippen molar-refractivity contribution in [1.29, 1.82) is 0 Å². The van der Waals surface area contributed by atoms with Crippen LogP contribution >= 0.6 is 0 Å². The summed E-state index contributed by atoms with van der Waals surface area (Å²) >= 11 is 0. The summed E-state index contributed by atoms with van der Waals surface area (Å²) in [6.07, 6.45) is 7.67. The largest absolute Gasteiger partial charge is 0.481 e. The Bertz CT molecular complexity index is 669. The number of allylic oxidation sites excluding steroid dienone is 1. The fourth-order valence-corrected chi connectivity index (χ4v) is 7.88. The third kappa shape index (κ3) is 2.20. The summed E-state index contributed by atoms with van der Waals surface area (Å²) < 4.78 is 5.86. The summed E-state index contributed by atoms with van der Waals surface area (Å²) in [4.78, 5) is 24.1. The van der Waals surface area contributed by atoms with Gasteiger partial charge in [0.05, 0.1) is 5.41 Å². The second kappa shape index (κ2) is 5.59. The molecule has 0 radical (unpaired) electrons. The molecule has 4 saturated carbocycles. The number of hydrogen-bond acceptors (Lipinski definition) is 3. The summed E-state index contributed by atoms with van der Waals surface area (Å²) in [6.45, 7) is 10.0. The van der Waals surface area contributed by atoms with E-state index in [1.807, 2.05) is 6.92 Å². The van der Waals surface area contributed by atoms with E-state index in [0.717, 1.165) is 32.1 Å². The third-order valence-electron chi connectivity index (χ3n) is 8.97. The molecule has 7 atom stereocenters. The highest BCUT2D eigenvalue weighted by Crippen LogP contribution is 2.72. The van der Waals surface area contributed by atoms with Crippen LogP contribution in [0, 0.1) is 34.0 Å². The molecule has 0 aromatic rings. The van der Waals surface area contributed by atoms with E-state index in [-0.39, 0.29) is 28.8 Å². The highest BCUT2D eigenvalue weighted by Gasteiger charge is 2.68. The number of aliphatic carboxylic acids is 1. The zero-order valence-electron chi connectivity index (χ0n) is 16.3. The fourth-order valence-electron chi connectivity index (χ4n) is 7.88. The Morgan fingerprint density at radius 2 is 1.85 bits per heavy atom. The van der Waals surface area contributed by atoms with E-state index in [1.54, 1.807) is 0 Å². The Morgan fingerprint density at radius 1 is 1.12 bits per heavy atom. The van der Waals surface area contributed by atoms with Gasteiger partial charge in [0.25, 0.3) is 0 Å². The van der Waals surface area contributed by atoms with Gasteiger partial charge in [0.15, 0.2) is 0 Å². The van der Waals surface area contributed by atoms with Gasteiger partial charge < -0.3 is 9.84 Å². The monoisotopic (exact) mass is 360 g/mol. The molecule has 4 heteroatoms. The first-order valence-electron chi connectivity index (χ1n) is 10.2.